The number of amides is 2. The summed E-state index contributed by atoms with van der Waals surface area (Å²) in [6, 6.07) is 15.3. The number of benzene rings is 2. The molecule has 0 spiro atoms. The van der Waals surface area contributed by atoms with Crippen LogP contribution >= 0.6 is 0 Å². The first-order chi connectivity index (χ1) is 17.0. The molecular weight excluding hydrogens is 452 g/mol. The molecule has 2 N–H and O–H groups in total. The van der Waals surface area contributed by atoms with Crippen molar-refractivity contribution in [2.24, 2.45) is 5.92 Å². The number of carbonyl (C=O) groups excluding carboxylic acids is 2. The van der Waals surface area contributed by atoms with Crippen LogP contribution in [0.4, 0.5) is 4.79 Å². The van der Waals surface area contributed by atoms with Crippen LogP contribution in [0.3, 0.4) is 0 Å². The van der Waals surface area contributed by atoms with Gasteiger partial charge in [0.25, 0.3) is 0 Å². The predicted molar refractivity (Wildman–Crippen MR) is 125 cm³/mol. The van der Waals surface area contributed by atoms with Crippen LogP contribution in [0.5, 0.6) is 0 Å². The van der Waals surface area contributed by atoms with Crippen molar-refractivity contribution in [3.8, 4) is 11.1 Å². The number of hydrogen-bond acceptors (Lipinski definition) is 6. The van der Waals surface area contributed by atoms with Crippen LogP contribution in [0, 0.1) is 5.92 Å². The van der Waals surface area contributed by atoms with Crippen LogP contribution in [-0.4, -0.2) is 79.6 Å². The lowest BCUT2D eigenvalue weighted by molar-refractivity contribution is -0.160. The number of hydrogen-bond donors (Lipinski definition) is 2. The molecule has 3 aliphatic rings. The minimum Gasteiger partial charge on any atom is -0.480 e. The van der Waals surface area contributed by atoms with Crippen molar-refractivity contribution in [1.29, 1.82) is 0 Å². The highest BCUT2D eigenvalue weighted by molar-refractivity contribution is 5.85. The highest BCUT2D eigenvalue weighted by atomic mass is 16.5. The lowest BCUT2D eigenvalue weighted by Gasteiger charge is -2.34. The molecule has 2 aromatic carbocycles. The molecule has 2 saturated heterocycles. The highest BCUT2D eigenvalue weighted by Gasteiger charge is 2.39. The summed E-state index contributed by atoms with van der Waals surface area (Å²) in [7, 11) is 0. The van der Waals surface area contributed by atoms with E-state index in [2.05, 4.69) is 29.6 Å². The third-order valence-corrected chi connectivity index (χ3v) is 6.94. The van der Waals surface area contributed by atoms with E-state index in [9.17, 15) is 19.5 Å². The lowest BCUT2D eigenvalue weighted by Crippen LogP contribution is -2.54. The van der Waals surface area contributed by atoms with E-state index < -0.39 is 24.0 Å². The van der Waals surface area contributed by atoms with Crippen molar-refractivity contribution in [1.82, 2.24) is 10.2 Å². The molecule has 2 amide bonds. The summed E-state index contributed by atoms with van der Waals surface area (Å²) in [5, 5.41) is 12.1. The molecule has 2 aliphatic heterocycles. The number of fused-ring (bicyclic) bond motifs is 3. The van der Waals surface area contributed by atoms with Crippen molar-refractivity contribution in [3.63, 3.8) is 0 Å². The number of morpholine rings is 1. The molecule has 5 rings (SSSR count). The Bertz CT molecular complexity index is 1070. The third kappa shape index (κ3) is 4.74. The van der Waals surface area contributed by atoms with Crippen molar-refractivity contribution in [3.05, 3.63) is 59.7 Å². The highest BCUT2D eigenvalue weighted by Crippen LogP contribution is 2.44. The number of carbonyl (C=O) groups is 3. The zero-order chi connectivity index (χ0) is 24.4. The molecule has 9 nitrogen and oxygen atoms in total. The molecule has 3 atom stereocenters. The molecule has 0 radical (unpaired) electrons. The fourth-order valence-electron chi connectivity index (χ4n) is 5.17. The number of aliphatic carboxylic acids is 1. The zero-order valence-electron chi connectivity index (χ0n) is 19.2. The van der Waals surface area contributed by atoms with Crippen LogP contribution in [0.15, 0.2) is 48.5 Å². The largest absolute Gasteiger partial charge is 0.480 e. The zero-order valence-corrected chi connectivity index (χ0v) is 19.2. The van der Waals surface area contributed by atoms with Gasteiger partial charge in [-0.15, -0.1) is 0 Å². The average Bonchev–Trinajstić information content (AvgIpc) is 3.49. The summed E-state index contributed by atoms with van der Waals surface area (Å²) in [5.41, 5.74) is 4.62. The normalized spacial score (nSPS) is 23.4. The average molecular weight is 481 g/mol. The van der Waals surface area contributed by atoms with Gasteiger partial charge in [-0.2, -0.15) is 0 Å². The molecule has 9 heteroatoms. The summed E-state index contributed by atoms with van der Waals surface area (Å²) >= 11 is 0. The predicted octanol–water partition coefficient (Wildman–Crippen LogP) is 2.24. The molecule has 0 saturated carbocycles. The van der Waals surface area contributed by atoms with E-state index in [1.54, 1.807) is 0 Å². The molecule has 184 valence electrons. The van der Waals surface area contributed by atoms with Crippen LogP contribution in [0.25, 0.3) is 11.1 Å². The number of alkyl carbamates (subject to hydrolysis) is 1. The number of carboxylic acid groups (broad SMARTS) is 1. The lowest BCUT2D eigenvalue weighted by atomic mass is 9.98. The molecule has 1 aliphatic carbocycles. The Balaban J connectivity index is 1.11. The number of nitrogens with one attached hydrogen (secondary N) is 1. The second-order valence-electron chi connectivity index (χ2n) is 9.05. The SMILES string of the molecule is O=C(NCC1CC(C(=O)N2CCOCC2C(=O)O)CO1)OCC1c2ccccc2-c2ccccc21. The standard InChI is InChI=1S/C26H28N2O7/c29-24(28-9-10-33-15-23(28)25(30)31)16-11-17(34-13-16)12-27-26(32)35-14-22-20-7-3-1-5-18(20)19-6-2-4-8-21(19)22/h1-8,16-17,22-23H,9-15H2,(H,27,32)(H,30,31). The van der Waals surface area contributed by atoms with Gasteiger partial charge in [-0.3, -0.25) is 4.79 Å². The van der Waals surface area contributed by atoms with Crippen LogP contribution in [0.1, 0.15) is 23.5 Å². The second-order valence-corrected chi connectivity index (χ2v) is 9.05. The summed E-state index contributed by atoms with van der Waals surface area (Å²) in [6.07, 6.45) is -0.468. The topological polar surface area (TPSA) is 114 Å². The molecule has 0 aromatic heterocycles. The van der Waals surface area contributed by atoms with Gasteiger partial charge in [-0.05, 0) is 28.7 Å². The van der Waals surface area contributed by atoms with E-state index >= 15 is 0 Å². The van der Waals surface area contributed by atoms with E-state index in [-0.39, 0.29) is 50.8 Å². The Morgan fingerprint density at radius 2 is 1.71 bits per heavy atom. The molecule has 2 heterocycles. The van der Waals surface area contributed by atoms with E-state index in [4.69, 9.17) is 14.2 Å². The maximum Gasteiger partial charge on any atom is 0.407 e. The van der Waals surface area contributed by atoms with Gasteiger partial charge in [0.15, 0.2) is 6.04 Å². The number of nitrogens with zero attached hydrogens (tertiary/aromatic N) is 1. The molecule has 0 bridgehead atoms. The Labute approximate surface area is 203 Å². The monoisotopic (exact) mass is 480 g/mol. The van der Waals surface area contributed by atoms with Crippen molar-refractivity contribution in [2.45, 2.75) is 24.5 Å². The summed E-state index contributed by atoms with van der Waals surface area (Å²) in [6.45, 7) is 1.18. The van der Waals surface area contributed by atoms with E-state index in [0.717, 1.165) is 22.3 Å². The Morgan fingerprint density at radius 1 is 1.03 bits per heavy atom. The Morgan fingerprint density at radius 3 is 2.40 bits per heavy atom. The maximum atomic E-state index is 12.9. The Kier molecular flexibility index (Phi) is 6.70. The van der Waals surface area contributed by atoms with Crippen molar-refractivity contribution >= 4 is 18.0 Å². The first kappa shape index (κ1) is 23.3. The van der Waals surface area contributed by atoms with Crippen LogP contribution in [-0.2, 0) is 23.8 Å². The van der Waals surface area contributed by atoms with E-state index in [0.29, 0.717) is 13.0 Å². The number of carboxylic acids is 1. The van der Waals surface area contributed by atoms with Gasteiger partial charge in [0, 0.05) is 19.0 Å². The minimum absolute atomic E-state index is 0.0125. The summed E-state index contributed by atoms with van der Waals surface area (Å²) in [5.74, 6) is -1.78. The van der Waals surface area contributed by atoms with Gasteiger partial charge in [-0.1, -0.05) is 48.5 Å². The smallest absolute Gasteiger partial charge is 0.407 e. The van der Waals surface area contributed by atoms with Gasteiger partial charge in [-0.25, -0.2) is 9.59 Å². The molecule has 2 aromatic rings. The summed E-state index contributed by atoms with van der Waals surface area (Å²) in [4.78, 5) is 38.1. The van der Waals surface area contributed by atoms with Crippen molar-refractivity contribution in [2.75, 3.05) is 39.5 Å². The minimum atomic E-state index is -1.08. The second kappa shape index (κ2) is 10.1. The van der Waals surface area contributed by atoms with Crippen LogP contribution in [0.2, 0.25) is 0 Å². The Hall–Kier alpha value is -3.43. The summed E-state index contributed by atoms with van der Waals surface area (Å²) < 4.78 is 16.5. The van der Waals surface area contributed by atoms with Gasteiger partial charge < -0.3 is 29.5 Å². The molecule has 35 heavy (non-hydrogen) atoms. The van der Waals surface area contributed by atoms with Crippen molar-refractivity contribution < 1.29 is 33.7 Å². The van der Waals surface area contributed by atoms with Gasteiger partial charge in [0.1, 0.15) is 6.61 Å². The van der Waals surface area contributed by atoms with Gasteiger partial charge >= 0.3 is 12.1 Å². The third-order valence-electron chi connectivity index (χ3n) is 6.94. The van der Waals surface area contributed by atoms with E-state index in [1.807, 2.05) is 24.3 Å². The number of rotatable bonds is 6. The van der Waals surface area contributed by atoms with Gasteiger partial charge in [0.2, 0.25) is 5.91 Å². The van der Waals surface area contributed by atoms with Gasteiger partial charge in [0.05, 0.1) is 31.8 Å². The molecule has 3 unspecified atom stereocenters. The fraction of sp³-hybridized carbons (Fsp3) is 0.423. The first-order valence-electron chi connectivity index (χ1n) is 11.8. The molecule has 2 fully saturated rings. The first-order valence-corrected chi connectivity index (χ1v) is 11.8. The molecular formula is C26H28N2O7. The quantitative estimate of drug-likeness (QED) is 0.652. The number of ether oxygens (including phenoxy) is 3. The maximum absolute atomic E-state index is 12.9. The van der Waals surface area contributed by atoms with Crippen LogP contribution < -0.4 is 5.32 Å². The fourth-order valence-corrected chi connectivity index (χ4v) is 5.17. The van der Waals surface area contributed by atoms with E-state index in [1.165, 1.54) is 4.90 Å².